The van der Waals surface area contributed by atoms with Crippen molar-refractivity contribution in [1.29, 1.82) is 0 Å². The molecule has 88 valence electrons. The molecule has 0 aliphatic heterocycles. The molecule has 1 heterocycles. The Hall–Kier alpha value is -1.13. The quantitative estimate of drug-likeness (QED) is 0.791. The van der Waals surface area contributed by atoms with Crippen LogP contribution in [0.1, 0.15) is 5.56 Å². The van der Waals surface area contributed by atoms with E-state index in [0.29, 0.717) is 22.0 Å². The predicted octanol–water partition coefficient (Wildman–Crippen LogP) is 4.22. The molecule has 0 N–H and O–H groups in total. The molecule has 0 unspecified atom stereocenters. The van der Waals surface area contributed by atoms with Gasteiger partial charge in [-0.2, -0.15) is 0 Å². The Morgan fingerprint density at radius 2 is 2.12 bits per heavy atom. The van der Waals surface area contributed by atoms with Crippen LogP contribution in [-0.2, 0) is 6.61 Å². The van der Waals surface area contributed by atoms with Gasteiger partial charge in [-0.3, -0.25) is 0 Å². The lowest BCUT2D eigenvalue weighted by atomic mass is 10.3. The number of pyridine rings is 1. The van der Waals surface area contributed by atoms with E-state index in [1.807, 2.05) is 6.07 Å². The Labute approximate surface area is 112 Å². The Morgan fingerprint density at radius 3 is 2.76 bits per heavy atom. The van der Waals surface area contributed by atoms with E-state index in [2.05, 4.69) is 20.9 Å². The molecule has 0 atom stereocenters. The van der Waals surface area contributed by atoms with Crippen LogP contribution in [0.3, 0.4) is 0 Å². The molecule has 0 radical (unpaired) electrons. The van der Waals surface area contributed by atoms with E-state index >= 15 is 0 Å². The van der Waals surface area contributed by atoms with Crippen molar-refractivity contribution in [2.75, 3.05) is 0 Å². The van der Waals surface area contributed by atoms with E-state index in [9.17, 15) is 4.39 Å². The molecule has 2 aromatic rings. The maximum absolute atomic E-state index is 12.8. The predicted molar refractivity (Wildman–Crippen MR) is 67.7 cm³/mol. The number of nitrogens with zero attached hydrogens (tertiary/aromatic N) is 1. The van der Waals surface area contributed by atoms with Gasteiger partial charge < -0.3 is 4.74 Å². The molecule has 1 aromatic heterocycles. The van der Waals surface area contributed by atoms with Crippen LogP contribution in [0.2, 0.25) is 5.15 Å². The van der Waals surface area contributed by atoms with Crippen LogP contribution in [0.4, 0.5) is 4.39 Å². The molecule has 5 heteroatoms. The summed E-state index contributed by atoms with van der Waals surface area (Å²) in [5.41, 5.74) is 0.894. The highest BCUT2D eigenvalue weighted by molar-refractivity contribution is 9.10. The second kappa shape index (κ2) is 5.47. The van der Waals surface area contributed by atoms with Crippen LogP contribution in [0.15, 0.2) is 41.0 Å². The van der Waals surface area contributed by atoms with Gasteiger partial charge in [0, 0.05) is 11.8 Å². The SMILES string of the molecule is Fc1ccc(OCc2ccc(Cl)nc2)c(Br)c1. The van der Waals surface area contributed by atoms with Gasteiger partial charge >= 0.3 is 0 Å². The average molecular weight is 317 g/mol. The molecule has 0 saturated heterocycles. The third-order valence-corrected chi connectivity index (χ3v) is 2.92. The fourth-order valence-corrected chi connectivity index (χ4v) is 1.82. The topological polar surface area (TPSA) is 22.1 Å². The van der Waals surface area contributed by atoms with Crippen molar-refractivity contribution in [3.8, 4) is 5.75 Å². The largest absolute Gasteiger partial charge is 0.488 e. The molecule has 2 nitrogen and oxygen atoms in total. The van der Waals surface area contributed by atoms with Crippen molar-refractivity contribution in [2.45, 2.75) is 6.61 Å². The first-order valence-corrected chi connectivity index (χ1v) is 6.00. The fourth-order valence-electron chi connectivity index (χ4n) is 1.25. The molecule has 0 bridgehead atoms. The lowest BCUT2D eigenvalue weighted by Gasteiger charge is -2.07. The van der Waals surface area contributed by atoms with E-state index < -0.39 is 0 Å². The van der Waals surface area contributed by atoms with Gasteiger partial charge in [0.05, 0.1) is 4.47 Å². The first-order valence-electron chi connectivity index (χ1n) is 4.83. The van der Waals surface area contributed by atoms with Crippen LogP contribution < -0.4 is 4.74 Å². The van der Waals surface area contributed by atoms with Crippen molar-refractivity contribution in [1.82, 2.24) is 4.98 Å². The van der Waals surface area contributed by atoms with Gasteiger partial charge in [0.25, 0.3) is 0 Å². The highest BCUT2D eigenvalue weighted by Gasteiger charge is 2.03. The zero-order valence-corrected chi connectivity index (χ0v) is 11.0. The van der Waals surface area contributed by atoms with Crippen LogP contribution in [-0.4, -0.2) is 4.98 Å². The zero-order chi connectivity index (χ0) is 12.3. The van der Waals surface area contributed by atoms with E-state index in [1.165, 1.54) is 12.1 Å². The molecular weight excluding hydrogens is 308 g/mol. The number of ether oxygens (including phenoxy) is 1. The van der Waals surface area contributed by atoms with Gasteiger partial charge in [0.2, 0.25) is 0 Å². The zero-order valence-electron chi connectivity index (χ0n) is 8.66. The molecule has 2 rings (SSSR count). The third kappa shape index (κ3) is 3.41. The summed E-state index contributed by atoms with van der Waals surface area (Å²) in [5.74, 6) is 0.277. The number of aromatic nitrogens is 1. The molecular formula is C12H8BrClFNO. The number of hydrogen-bond donors (Lipinski definition) is 0. The summed E-state index contributed by atoms with van der Waals surface area (Å²) in [7, 11) is 0. The van der Waals surface area contributed by atoms with E-state index in [0.717, 1.165) is 5.56 Å². The van der Waals surface area contributed by atoms with Crippen LogP contribution in [0, 0.1) is 5.82 Å². The molecule has 0 aliphatic rings. The second-order valence-corrected chi connectivity index (χ2v) is 4.59. The minimum Gasteiger partial charge on any atom is -0.488 e. The van der Waals surface area contributed by atoms with Crippen LogP contribution in [0.25, 0.3) is 0 Å². The van der Waals surface area contributed by atoms with Gasteiger partial charge in [-0.25, -0.2) is 9.37 Å². The lowest BCUT2D eigenvalue weighted by Crippen LogP contribution is -1.96. The number of benzene rings is 1. The maximum atomic E-state index is 12.8. The summed E-state index contributed by atoms with van der Waals surface area (Å²) in [6, 6.07) is 7.80. The summed E-state index contributed by atoms with van der Waals surface area (Å²) in [6.45, 7) is 0.356. The summed E-state index contributed by atoms with van der Waals surface area (Å²) >= 11 is 8.90. The smallest absolute Gasteiger partial charge is 0.134 e. The Balaban J connectivity index is 2.04. The number of halogens is 3. The maximum Gasteiger partial charge on any atom is 0.134 e. The summed E-state index contributed by atoms with van der Waals surface area (Å²) in [6.07, 6.45) is 1.64. The number of rotatable bonds is 3. The Morgan fingerprint density at radius 1 is 1.29 bits per heavy atom. The fraction of sp³-hybridized carbons (Fsp3) is 0.0833. The molecule has 0 saturated carbocycles. The van der Waals surface area contributed by atoms with Gasteiger partial charge in [-0.05, 0) is 40.2 Å². The van der Waals surface area contributed by atoms with E-state index in [1.54, 1.807) is 18.3 Å². The van der Waals surface area contributed by atoms with Crippen LogP contribution in [0.5, 0.6) is 5.75 Å². The highest BCUT2D eigenvalue weighted by Crippen LogP contribution is 2.26. The first-order chi connectivity index (χ1) is 8.15. The second-order valence-electron chi connectivity index (χ2n) is 3.35. The van der Waals surface area contributed by atoms with Crippen LogP contribution >= 0.6 is 27.5 Å². The summed E-state index contributed by atoms with van der Waals surface area (Å²) in [4.78, 5) is 3.94. The monoisotopic (exact) mass is 315 g/mol. The molecule has 17 heavy (non-hydrogen) atoms. The van der Waals surface area contributed by atoms with Gasteiger partial charge in [-0.1, -0.05) is 17.7 Å². The normalized spacial score (nSPS) is 10.3. The van der Waals surface area contributed by atoms with Crippen molar-refractivity contribution < 1.29 is 9.13 Å². The standard InChI is InChI=1S/C12H8BrClFNO/c13-10-5-9(15)2-3-11(10)17-7-8-1-4-12(14)16-6-8/h1-6H,7H2. The van der Waals surface area contributed by atoms with Crippen molar-refractivity contribution >= 4 is 27.5 Å². The van der Waals surface area contributed by atoms with Gasteiger partial charge in [-0.15, -0.1) is 0 Å². The Kier molecular flexibility index (Phi) is 3.97. The molecule has 0 spiro atoms. The highest BCUT2D eigenvalue weighted by atomic mass is 79.9. The van der Waals surface area contributed by atoms with E-state index in [4.69, 9.17) is 16.3 Å². The number of hydrogen-bond acceptors (Lipinski definition) is 2. The molecule has 0 amide bonds. The van der Waals surface area contributed by atoms with Gasteiger partial charge in [0.15, 0.2) is 0 Å². The third-order valence-electron chi connectivity index (χ3n) is 2.08. The first kappa shape index (κ1) is 12.3. The van der Waals surface area contributed by atoms with Crippen molar-refractivity contribution in [2.24, 2.45) is 0 Å². The minimum absolute atomic E-state index is 0.308. The van der Waals surface area contributed by atoms with Gasteiger partial charge in [0.1, 0.15) is 23.3 Å². The van der Waals surface area contributed by atoms with Crippen molar-refractivity contribution in [3.05, 3.63) is 57.5 Å². The lowest BCUT2D eigenvalue weighted by molar-refractivity contribution is 0.303. The summed E-state index contributed by atoms with van der Waals surface area (Å²) < 4.78 is 18.9. The average Bonchev–Trinajstić information content (AvgIpc) is 2.30. The van der Waals surface area contributed by atoms with E-state index in [-0.39, 0.29) is 5.82 Å². The minimum atomic E-state index is -0.308. The Bertz CT molecular complexity index is 518. The summed E-state index contributed by atoms with van der Waals surface area (Å²) in [5, 5.41) is 0.441. The van der Waals surface area contributed by atoms with Crippen molar-refractivity contribution in [3.63, 3.8) is 0 Å². The molecule has 0 aliphatic carbocycles. The molecule has 1 aromatic carbocycles. The molecule has 0 fully saturated rings.